The van der Waals surface area contributed by atoms with Crippen molar-refractivity contribution >= 4 is 10.8 Å². The second kappa shape index (κ2) is 8.14. The van der Waals surface area contributed by atoms with E-state index >= 15 is 0 Å². The van der Waals surface area contributed by atoms with E-state index in [2.05, 4.69) is 4.98 Å². The Morgan fingerprint density at radius 1 is 0.900 bits per heavy atom. The van der Waals surface area contributed by atoms with E-state index in [9.17, 15) is 15.0 Å². The highest BCUT2D eigenvalue weighted by Gasteiger charge is 2.14. The van der Waals surface area contributed by atoms with E-state index in [1.54, 1.807) is 19.2 Å². The van der Waals surface area contributed by atoms with Crippen molar-refractivity contribution in [2.75, 3.05) is 7.11 Å². The number of aliphatic hydroxyl groups excluding tert-OH is 2. The Balaban J connectivity index is 1.94. The van der Waals surface area contributed by atoms with Crippen LogP contribution in [0.25, 0.3) is 33.2 Å². The van der Waals surface area contributed by atoms with Gasteiger partial charge in [0, 0.05) is 16.6 Å². The van der Waals surface area contributed by atoms with Gasteiger partial charge in [0.2, 0.25) is 0 Å². The molecule has 3 N–H and O–H groups in total. The second-order valence-corrected chi connectivity index (χ2v) is 7.28. The Hall–Kier alpha value is -3.41. The number of H-pyrrole nitrogens is 1. The SMILES string of the molecule is COc1c(C)cc(-c2cc3cc(CO)c(CO)cc3c(=O)[nH]2)cc1-c1ccccc1. The number of pyridine rings is 1. The van der Waals surface area contributed by atoms with Gasteiger partial charge in [-0.3, -0.25) is 4.79 Å². The Bertz CT molecular complexity index is 1280. The summed E-state index contributed by atoms with van der Waals surface area (Å²) in [5.74, 6) is 0.795. The average Bonchev–Trinajstić information content (AvgIpc) is 2.78. The van der Waals surface area contributed by atoms with Crippen LogP contribution in [-0.4, -0.2) is 22.3 Å². The Morgan fingerprint density at radius 2 is 1.60 bits per heavy atom. The lowest BCUT2D eigenvalue weighted by molar-refractivity contribution is 0.260. The lowest BCUT2D eigenvalue weighted by Gasteiger charge is -2.15. The molecule has 1 heterocycles. The standard InChI is InChI=1S/C25H23NO4/c1-15-8-18(10-21(24(15)30-2)16-6-4-3-5-7-16)23-12-17-9-19(13-27)20(14-28)11-22(17)25(29)26-23/h3-12,27-28H,13-14H2,1-2H3,(H,26,29). The van der Waals surface area contributed by atoms with Gasteiger partial charge in [0.1, 0.15) is 5.75 Å². The van der Waals surface area contributed by atoms with Gasteiger partial charge in [-0.15, -0.1) is 0 Å². The van der Waals surface area contributed by atoms with Crippen molar-refractivity contribution in [3.63, 3.8) is 0 Å². The third-order valence-corrected chi connectivity index (χ3v) is 5.38. The number of fused-ring (bicyclic) bond motifs is 1. The van der Waals surface area contributed by atoms with Crippen molar-refractivity contribution < 1.29 is 14.9 Å². The number of hydrogen-bond acceptors (Lipinski definition) is 4. The molecule has 0 saturated heterocycles. The molecule has 0 spiro atoms. The van der Waals surface area contributed by atoms with E-state index in [4.69, 9.17) is 4.74 Å². The fraction of sp³-hybridized carbons (Fsp3) is 0.160. The number of hydrogen-bond donors (Lipinski definition) is 3. The molecule has 152 valence electrons. The normalized spacial score (nSPS) is 11.1. The lowest BCUT2D eigenvalue weighted by atomic mass is 9.96. The molecule has 0 aliphatic carbocycles. The molecule has 5 nitrogen and oxygen atoms in total. The predicted molar refractivity (Wildman–Crippen MR) is 119 cm³/mol. The van der Waals surface area contributed by atoms with Gasteiger partial charge in [-0.2, -0.15) is 0 Å². The molecule has 0 aliphatic heterocycles. The van der Waals surface area contributed by atoms with Crippen LogP contribution < -0.4 is 10.3 Å². The number of methoxy groups -OCH3 is 1. The third kappa shape index (κ3) is 3.49. The van der Waals surface area contributed by atoms with Gasteiger partial charge >= 0.3 is 0 Å². The van der Waals surface area contributed by atoms with Gasteiger partial charge in [0.25, 0.3) is 5.56 Å². The van der Waals surface area contributed by atoms with Crippen molar-refractivity contribution in [1.82, 2.24) is 4.98 Å². The zero-order chi connectivity index (χ0) is 21.3. The first-order valence-corrected chi connectivity index (χ1v) is 9.70. The molecular formula is C25H23NO4. The number of benzene rings is 3. The zero-order valence-corrected chi connectivity index (χ0v) is 16.9. The van der Waals surface area contributed by atoms with Crippen molar-refractivity contribution in [2.45, 2.75) is 20.1 Å². The zero-order valence-electron chi connectivity index (χ0n) is 16.9. The summed E-state index contributed by atoms with van der Waals surface area (Å²) >= 11 is 0. The first-order valence-electron chi connectivity index (χ1n) is 9.70. The minimum atomic E-state index is -0.239. The molecule has 3 aromatic carbocycles. The minimum absolute atomic E-state index is 0.201. The summed E-state index contributed by atoms with van der Waals surface area (Å²) in [7, 11) is 1.65. The van der Waals surface area contributed by atoms with Crippen molar-refractivity contribution in [2.24, 2.45) is 0 Å². The van der Waals surface area contributed by atoms with Crippen LogP contribution in [0.2, 0.25) is 0 Å². The predicted octanol–water partition coefficient (Wildman–Crippen LogP) is 4.16. The van der Waals surface area contributed by atoms with E-state index in [-0.39, 0.29) is 18.8 Å². The molecule has 0 radical (unpaired) electrons. The number of rotatable bonds is 5. The number of nitrogens with one attached hydrogen (secondary N) is 1. The molecule has 0 unspecified atom stereocenters. The molecule has 0 bridgehead atoms. The fourth-order valence-electron chi connectivity index (χ4n) is 3.89. The van der Waals surface area contributed by atoms with Crippen molar-refractivity contribution in [3.05, 3.63) is 87.7 Å². The molecule has 1 aromatic heterocycles. The molecule has 4 aromatic rings. The molecule has 4 rings (SSSR count). The van der Waals surface area contributed by atoms with Gasteiger partial charge in [0.15, 0.2) is 0 Å². The summed E-state index contributed by atoms with van der Waals surface area (Å²) in [6.45, 7) is 1.55. The van der Waals surface area contributed by atoms with Crippen LogP contribution in [0.5, 0.6) is 5.75 Å². The second-order valence-electron chi connectivity index (χ2n) is 7.28. The van der Waals surface area contributed by atoms with Gasteiger partial charge < -0.3 is 19.9 Å². The van der Waals surface area contributed by atoms with Crippen LogP contribution in [0.3, 0.4) is 0 Å². The maximum absolute atomic E-state index is 12.8. The maximum Gasteiger partial charge on any atom is 0.256 e. The summed E-state index contributed by atoms with van der Waals surface area (Å²) in [5.41, 5.74) is 5.39. The van der Waals surface area contributed by atoms with Gasteiger partial charge in [-0.1, -0.05) is 30.3 Å². The third-order valence-electron chi connectivity index (χ3n) is 5.38. The molecule has 0 fully saturated rings. The topological polar surface area (TPSA) is 82.5 Å². The number of aromatic nitrogens is 1. The number of aliphatic hydroxyl groups is 2. The van der Waals surface area contributed by atoms with Crippen LogP contribution >= 0.6 is 0 Å². The molecule has 5 heteroatoms. The number of aromatic amines is 1. The Kier molecular flexibility index (Phi) is 5.40. The van der Waals surface area contributed by atoms with Crippen LogP contribution in [0.15, 0.2) is 65.5 Å². The van der Waals surface area contributed by atoms with E-state index in [0.717, 1.165) is 28.0 Å². The van der Waals surface area contributed by atoms with Crippen molar-refractivity contribution in [1.29, 1.82) is 0 Å². The average molecular weight is 401 g/mol. The lowest BCUT2D eigenvalue weighted by Crippen LogP contribution is -2.09. The highest BCUT2D eigenvalue weighted by molar-refractivity contribution is 5.88. The molecule has 0 atom stereocenters. The van der Waals surface area contributed by atoms with Crippen LogP contribution in [-0.2, 0) is 13.2 Å². The first kappa shape index (κ1) is 19.9. The smallest absolute Gasteiger partial charge is 0.256 e. The molecule has 0 saturated carbocycles. The summed E-state index contributed by atoms with van der Waals surface area (Å²) in [6, 6.07) is 19.2. The monoisotopic (exact) mass is 401 g/mol. The maximum atomic E-state index is 12.8. The molecule has 0 amide bonds. The number of ether oxygens (including phenoxy) is 1. The summed E-state index contributed by atoms with van der Waals surface area (Å²) in [4.78, 5) is 15.7. The van der Waals surface area contributed by atoms with E-state index in [1.165, 1.54) is 0 Å². The minimum Gasteiger partial charge on any atom is -0.496 e. The Morgan fingerprint density at radius 3 is 2.27 bits per heavy atom. The highest BCUT2D eigenvalue weighted by atomic mass is 16.5. The van der Waals surface area contributed by atoms with Crippen LogP contribution in [0.4, 0.5) is 0 Å². The summed E-state index contributed by atoms with van der Waals surface area (Å²) in [6.07, 6.45) is 0. The molecular weight excluding hydrogens is 378 g/mol. The highest BCUT2D eigenvalue weighted by Crippen LogP contribution is 2.37. The largest absolute Gasteiger partial charge is 0.496 e. The summed E-state index contributed by atoms with van der Waals surface area (Å²) < 4.78 is 5.65. The number of aryl methyl sites for hydroxylation is 1. The summed E-state index contributed by atoms with van der Waals surface area (Å²) in [5, 5.41) is 20.3. The first-order chi connectivity index (χ1) is 14.5. The fourth-order valence-corrected chi connectivity index (χ4v) is 3.89. The Labute approximate surface area is 174 Å². The van der Waals surface area contributed by atoms with Crippen LogP contribution in [0, 0.1) is 6.92 Å². The molecule has 0 aliphatic rings. The van der Waals surface area contributed by atoms with E-state index in [1.807, 2.05) is 55.5 Å². The van der Waals surface area contributed by atoms with E-state index < -0.39 is 0 Å². The van der Waals surface area contributed by atoms with Gasteiger partial charge in [-0.05, 0) is 70.5 Å². The quantitative estimate of drug-likeness (QED) is 0.469. The van der Waals surface area contributed by atoms with Gasteiger partial charge in [0.05, 0.1) is 20.3 Å². The van der Waals surface area contributed by atoms with Crippen LogP contribution in [0.1, 0.15) is 16.7 Å². The van der Waals surface area contributed by atoms with E-state index in [0.29, 0.717) is 27.6 Å². The molecule has 30 heavy (non-hydrogen) atoms. The van der Waals surface area contributed by atoms with Gasteiger partial charge in [-0.25, -0.2) is 0 Å². The van der Waals surface area contributed by atoms with Crippen molar-refractivity contribution in [3.8, 4) is 28.1 Å².